The van der Waals surface area contributed by atoms with E-state index >= 15 is 0 Å². The van der Waals surface area contributed by atoms with Crippen molar-refractivity contribution < 1.29 is 14.3 Å². The van der Waals surface area contributed by atoms with E-state index in [-0.39, 0.29) is 24.5 Å². The molecule has 1 N–H and O–H groups in total. The largest absolute Gasteiger partial charge is 0.353 e. The molecule has 4 rings (SSSR count). The van der Waals surface area contributed by atoms with E-state index in [0.29, 0.717) is 5.56 Å². The average molecular weight is 392 g/mol. The molecule has 1 spiro atoms. The molecule has 1 aliphatic carbocycles. The zero-order valence-electron chi connectivity index (χ0n) is 16.8. The number of nitrogens with zero attached hydrogens (tertiary/aromatic N) is 1. The fourth-order valence-corrected chi connectivity index (χ4v) is 4.53. The summed E-state index contributed by atoms with van der Waals surface area (Å²) in [5, 5.41) is 3.08. The van der Waals surface area contributed by atoms with Crippen LogP contribution in [-0.4, -0.2) is 35.1 Å². The lowest BCUT2D eigenvalue weighted by molar-refractivity contribution is -0.127. The minimum absolute atomic E-state index is 0.127. The Bertz CT molecular complexity index is 847. The number of nitrogens with one attached hydrogen (secondary N) is 1. The van der Waals surface area contributed by atoms with Crippen LogP contribution in [0, 0.1) is 0 Å². The highest BCUT2D eigenvalue weighted by Gasteiger charge is 2.53. The number of rotatable bonds is 4. The monoisotopic (exact) mass is 392 g/mol. The third kappa shape index (κ3) is 3.92. The molecule has 1 saturated heterocycles. The molecule has 29 heavy (non-hydrogen) atoms. The van der Waals surface area contributed by atoms with Crippen LogP contribution in [0.5, 0.6) is 0 Å². The van der Waals surface area contributed by atoms with Gasteiger partial charge in [-0.15, -0.1) is 0 Å². The van der Waals surface area contributed by atoms with Gasteiger partial charge in [-0.3, -0.25) is 14.5 Å². The van der Waals surface area contributed by atoms with Crippen molar-refractivity contribution in [2.75, 3.05) is 6.61 Å². The van der Waals surface area contributed by atoms with Gasteiger partial charge in [0.05, 0.1) is 12.6 Å². The number of amides is 2. The molecule has 5 nitrogen and oxygen atoms in total. The van der Waals surface area contributed by atoms with Gasteiger partial charge in [0.2, 0.25) is 5.91 Å². The summed E-state index contributed by atoms with van der Waals surface area (Å²) in [6, 6.07) is 18.3. The Morgan fingerprint density at radius 1 is 1.00 bits per heavy atom. The van der Waals surface area contributed by atoms with Crippen LogP contribution in [0.1, 0.15) is 61.0 Å². The Morgan fingerprint density at radius 2 is 1.62 bits per heavy atom. The van der Waals surface area contributed by atoms with Crippen molar-refractivity contribution >= 4 is 11.8 Å². The fourth-order valence-electron chi connectivity index (χ4n) is 4.53. The van der Waals surface area contributed by atoms with Crippen molar-refractivity contribution in [1.82, 2.24) is 10.2 Å². The van der Waals surface area contributed by atoms with Gasteiger partial charge in [-0.05, 0) is 50.3 Å². The normalized spacial score (nSPS) is 21.7. The van der Waals surface area contributed by atoms with Gasteiger partial charge in [0.1, 0.15) is 11.8 Å². The van der Waals surface area contributed by atoms with Gasteiger partial charge in [-0.25, -0.2) is 0 Å². The molecule has 1 aliphatic heterocycles. The quantitative estimate of drug-likeness (QED) is 0.853. The minimum atomic E-state index is -0.664. The number of benzene rings is 2. The van der Waals surface area contributed by atoms with Crippen molar-refractivity contribution in [3.63, 3.8) is 0 Å². The molecule has 2 fully saturated rings. The number of hydrogen-bond acceptors (Lipinski definition) is 3. The summed E-state index contributed by atoms with van der Waals surface area (Å²) >= 11 is 0. The predicted molar refractivity (Wildman–Crippen MR) is 111 cm³/mol. The zero-order valence-corrected chi connectivity index (χ0v) is 16.8. The smallest absolute Gasteiger partial charge is 0.256 e. The first-order chi connectivity index (χ1) is 14.1. The van der Waals surface area contributed by atoms with Crippen LogP contribution in [0.2, 0.25) is 0 Å². The first-order valence-electron chi connectivity index (χ1n) is 10.5. The van der Waals surface area contributed by atoms with Crippen LogP contribution in [0.4, 0.5) is 0 Å². The van der Waals surface area contributed by atoms with E-state index in [1.807, 2.05) is 55.5 Å². The lowest BCUT2D eigenvalue weighted by atomic mass is 9.89. The summed E-state index contributed by atoms with van der Waals surface area (Å²) in [6.45, 7) is 2.20. The molecule has 0 aromatic heterocycles. The van der Waals surface area contributed by atoms with Gasteiger partial charge in [0, 0.05) is 5.56 Å². The number of hydrogen-bond donors (Lipinski definition) is 1. The zero-order chi connectivity index (χ0) is 20.3. The first-order valence-corrected chi connectivity index (χ1v) is 10.5. The molecule has 152 valence electrons. The lowest BCUT2D eigenvalue weighted by Crippen LogP contribution is -2.56. The Balaban J connectivity index is 1.59. The molecule has 2 atom stereocenters. The van der Waals surface area contributed by atoms with Gasteiger partial charge < -0.3 is 10.1 Å². The minimum Gasteiger partial charge on any atom is -0.353 e. The highest BCUT2D eigenvalue weighted by molar-refractivity contribution is 5.98. The molecule has 5 heteroatoms. The third-order valence-corrected chi connectivity index (χ3v) is 6.10. The predicted octanol–water partition coefficient (Wildman–Crippen LogP) is 4.07. The van der Waals surface area contributed by atoms with Crippen molar-refractivity contribution in [2.24, 2.45) is 0 Å². The molecule has 0 bridgehead atoms. The summed E-state index contributed by atoms with van der Waals surface area (Å²) < 4.78 is 6.20. The average Bonchev–Trinajstić information content (AvgIpc) is 3.13. The summed E-state index contributed by atoms with van der Waals surface area (Å²) in [5.74, 6) is -0.286. The van der Waals surface area contributed by atoms with Crippen LogP contribution in [0.3, 0.4) is 0 Å². The van der Waals surface area contributed by atoms with Crippen LogP contribution >= 0.6 is 0 Å². The van der Waals surface area contributed by atoms with E-state index in [2.05, 4.69) is 5.32 Å². The highest BCUT2D eigenvalue weighted by Crippen LogP contribution is 2.41. The summed E-state index contributed by atoms with van der Waals surface area (Å²) in [7, 11) is 0. The first kappa shape index (κ1) is 19.6. The molecule has 2 aromatic carbocycles. The van der Waals surface area contributed by atoms with E-state index in [4.69, 9.17) is 4.74 Å². The second-order valence-electron chi connectivity index (χ2n) is 8.02. The molecular formula is C24H28N2O3. The molecule has 2 aromatic rings. The van der Waals surface area contributed by atoms with Gasteiger partial charge in [0.25, 0.3) is 5.91 Å². The molecule has 0 unspecified atom stereocenters. The van der Waals surface area contributed by atoms with Crippen molar-refractivity contribution in [3.05, 3.63) is 71.8 Å². The molecular weight excluding hydrogens is 364 g/mol. The maximum Gasteiger partial charge on any atom is 0.256 e. The van der Waals surface area contributed by atoms with Crippen molar-refractivity contribution in [1.29, 1.82) is 0 Å². The maximum atomic E-state index is 13.5. The number of ether oxygens (including phenoxy) is 1. The van der Waals surface area contributed by atoms with E-state index in [1.54, 1.807) is 17.0 Å². The van der Waals surface area contributed by atoms with Gasteiger partial charge in [-0.2, -0.15) is 0 Å². The van der Waals surface area contributed by atoms with E-state index in [0.717, 1.165) is 37.7 Å². The molecule has 1 saturated carbocycles. The highest BCUT2D eigenvalue weighted by atomic mass is 16.5. The van der Waals surface area contributed by atoms with Crippen LogP contribution in [0.25, 0.3) is 0 Å². The van der Waals surface area contributed by atoms with Gasteiger partial charge in [0.15, 0.2) is 0 Å². The topological polar surface area (TPSA) is 58.6 Å². The van der Waals surface area contributed by atoms with Gasteiger partial charge >= 0.3 is 0 Å². The second kappa shape index (κ2) is 8.37. The maximum absolute atomic E-state index is 13.5. The molecule has 2 amide bonds. The summed E-state index contributed by atoms with van der Waals surface area (Å²) in [5.41, 5.74) is 0.966. The molecule has 0 radical (unpaired) electrons. The van der Waals surface area contributed by atoms with Crippen LogP contribution < -0.4 is 5.32 Å². The van der Waals surface area contributed by atoms with E-state index in [9.17, 15) is 9.59 Å². The number of carbonyl (C=O) groups excluding carboxylic acids is 2. The fraction of sp³-hybridized carbons (Fsp3) is 0.417. The molecule has 1 heterocycles. The standard InChI is InChI=1S/C24H28N2O3/c1-18(19-11-5-2-6-12-19)25-22(27)21-17-29-24(15-9-4-10-16-24)26(21)23(28)20-13-7-3-8-14-20/h2-3,5-8,11-14,18,21H,4,9-10,15-17H2,1H3,(H,25,27)/t18-,21-/m0/s1. The van der Waals surface area contributed by atoms with Gasteiger partial charge in [-0.1, -0.05) is 55.0 Å². The Morgan fingerprint density at radius 3 is 2.28 bits per heavy atom. The van der Waals surface area contributed by atoms with E-state index in [1.165, 1.54) is 0 Å². The summed E-state index contributed by atoms with van der Waals surface area (Å²) in [4.78, 5) is 28.4. The van der Waals surface area contributed by atoms with Crippen LogP contribution in [-0.2, 0) is 9.53 Å². The number of carbonyl (C=O) groups is 2. The third-order valence-electron chi connectivity index (χ3n) is 6.10. The Hall–Kier alpha value is -2.66. The Kier molecular flexibility index (Phi) is 5.67. The second-order valence-corrected chi connectivity index (χ2v) is 8.02. The molecule has 2 aliphatic rings. The lowest BCUT2D eigenvalue weighted by Gasteiger charge is -2.41. The SMILES string of the molecule is C[C@H](NC(=O)[C@@H]1COC2(CCCCC2)N1C(=O)c1ccccc1)c1ccccc1. The van der Waals surface area contributed by atoms with Crippen molar-refractivity contribution in [3.8, 4) is 0 Å². The summed E-state index contributed by atoms with van der Waals surface area (Å²) in [6.07, 6.45) is 4.72. The Labute approximate surface area is 172 Å². The van der Waals surface area contributed by atoms with Crippen molar-refractivity contribution in [2.45, 2.75) is 56.8 Å². The van der Waals surface area contributed by atoms with E-state index < -0.39 is 11.8 Å². The van der Waals surface area contributed by atoms with Crippen LogP contribution in [0.15, 0.2) is 60.7 Å².